The lowest BCUT2D eigenvalue weighted by molar-refractivity contribution is 0.311. The van der Waals surface area contributed by atoms with Gasteiger partial charge in [-0.15, -0.1) is 0 Å². The molecule has 0 aliphatic rings. The van der Waals surface area contributed by atoms with Crippen molar-refractivity contribution in [1.82, 2.24) is 5.32 Å². The molecule has 0 amide bonds. The number of benzene rings is 1. The Hall–Kier alpha value is -0.390. The van der Waals surface area contributed by atoms with Gasteiger partial charge in [0.1, 0.15) is 0 Å². The van der Waals surface area contributed by atoms with E-state index in [2.05, 4.69) is 34.2 Å². The Morgan fingerprint density at radius 1 is 1.39 bits per heavy atom. The number of rotatable bonds is 8. The molecule has 5 heteroatoms. The number of thioether (sulfide) groups is 1. The van der Waals surface area contributed by atoms with Crippen LogP contribution in [0, 0.1) is 0 Å². The first-order valence-corrected chi connectivity index (χ1v) is 7.89. The van der Waals surface area contributed by atoms with Gasteiger partial charge in [-0.1, -0.05) is 6.92 Å². The van der Waals surface area contributed by atoms with Crippen molar-refractivity contribution in [2.24, 2.45) is 0 Å². The van der Waals surface area contributed by atoms with Crippen molar-refractivity contribution in [2.45, 2.75) is 13.5 Å². The zero-order valence-electron chi connectivity index (χ0n) is 11.1. The van der Waals surface area contributed by atoms with E-state index in [1.165, 1.54) is 0 Å². The summed E-state index contributed by atoms with van der Waals surface area (Å²) in [5, 5.41) is 3.12. The molecule has 3 nitrogen and oxygen atoms in total. The summed E-state index contributed by atoms with van der Waals surface area (Å²) in [6.45, 7) is 3.65. The third-order valence-corrected chi connectivity index (χ3v) is 3.80. The molecule has 0 radical (unpaired) electrons. The molecule has 1 aromatic rings. The zero-order valence-corrected chi connectivity index (χ0v) is 13.5. The average molecular weight is 334 g/mol. The molecule has 0 fully saturated rings. The molecule has 0 aliphatic carbocycles. The maximum absolute atomic E-state index is 5.78. The molecule has 0 bridgehead atoms. The van der Waals surface area contributed by atoms with Gasteiger partial charge in [-0.05, 0) is 46.4 Å². The van der Waals surface area contributed by atoms with Crippen LogP contribution >= 0.6 is 27.7 Å². The molecule has 0 saturated carbocycles. The molecule has 1 N–H and O–H groups in total. The highest BCUT2D eigenvalue weighted by atomic mass is 79.9. The minimum absolute atomic E-state index is 0.693. The Labute approximate surface area is 122 Å². The Bertz CT molecular complexity index is 374. The van der Waals surface area contributed by atoms with Gasteiger partial charge in [-0.25, -0.2) is 0 Å². The van der Waals surface area contributed by atoms with Gasteiger partial charge in [0.05, 0.1) is 18.2 Å². The maximum atomic E-state index is 5.78. The van der Waals surface area contributed by atoms with Crippen molar-refractivity contribution >= 4 is 27.7 Å². The quantitative estimate of drug-likeness (QED) is 0.739. The molecular formula is C13H20BrNO2S. The molecule has 0 aromatic heterocycles. The van der Waals surface area contributed by atoms with Crippen molar-refractivity contribution in [3.8, 4) is 11.5 Å². The third kappa shape index (κ3) is 4.71. The molecule has 0 heterocycles. The zero-order chi connectivity index (χ0) is 13.4. The van der Waals surface area contributed by atoms with Gasteiger partial charge < -0.3 is 14.8 Å². The Morgan fingerprint density at radius 3 is 2.78 bits per heavy atom. The fourth-order valence-corrected chi connectivity index (χ4v) is 2.66. The van der Waals surface area contributed by atoms with E-state index in [0.29, 0.717) is 6.61 Å². The van der Waals surface area contributed by atoms with Crippen molar-refractivity contribution < 1.29 is 9.47 Å². The summed E-state index contributed by atoms with van der Waals surface area (Å²) in [5.41, 5.74) is 1.16. The minimum atomic E-state index is 0.693. The van der Waals surface area contributed by atoms with Crippen LogP contribution in [0.3, 0.4) is 0 Å². The monoisotopic (exact) mass is 333 g/mol. The highest BCUT2D eigenvalue weighted by molar-refractivity contribution is 9.10. The van der Waals surface area contributed by atoms with Gasteiger partial charge in [0.25, 0.3) is 0 Å². The van der Waals surface area contributed by atoms with Crippen LogP contribution < -0.4 is 14.8 Å². The second-order valence-corrected chi connectivity index (χ2v) is 5.93. The summed E-state index contributed by atoms with van der Waals surface area (Å²) in [6, 6.07) is 4.06. The molecule has 0 aliphatic heterocycles. The van der Waals surface area contributed by atoms with Crippen LogP contribution in [0.5, 0.6) is 11.5 Å². The number of hydrogen-bond acceptors (Lipinski definition) is 4. The van der Waals surface area contributed by atoms with Gasteiger partial charge >= 0.3 is 0 Å². The highest BCUT2D eigenvalue weighted by Crippen LogP contribution is 2.36. The fourth-order valence-electron chi connectivity index (χ4n) is 1.57. The lowest BCUT2D eigenvalue weighted by atomic mass is 10.2. The lowest BCUT2D eigenvalue weighted by Gasteiger charge is -2.14. The molecule has 102 valence electrons. The Kier molecular flexibility index (Phi) is 7.54. The number of nitrogens with one attached hydrogen (secondary N) is 1. The van der Waals surface area contributed by atoms with E-state index < -0.39 is 0 Å². The van der Waals surface area contributed by atoms with Crippen LogP contribution in [0.25, 0.3) is 0 Å². The standard InChI is InChI=1S/C13H20BrNO2S/c1-4-18-6-5-17-13-11(14)7-10(9-15-2)8-12(13)16-3/h7-8,15H,4-6,9H2,1-3H3. The summed E-state index contributed by atoms with van der Waals surface area (Å²) in [7, 11) is 3.59. The smallest absolute Gasteiger partial charge is 0.175 e. The van der Waals surface area contributed by atoms with Gasteiger partial charge in [0.15, 0.2) is 11.5 Å². The van der Waals surface area contributed by atoms with E-state index in [4.69, 9.17) is 9.47 Å². The first-order chi connectivity index (χ1) is 8.72. The number of halogens is 1. The number of methoxy groups -OCH3 is 1. The van der Waals surface area contributed by atoms with Gasteiger partial charge in [0.2, 0.25) is 0 Å². The summed E-state index contributed by atoms with van der Waals surface area (Å²) < 4.78 is 12.1. The molecule has 1 rings (SSSR count). The summed E-state index contributed by atoms with van der Waals surface area (Å²) in [5.74, 6) is 3.66. The van der Waals surface area contributed by atoms with E-state index >= 15 is 0 Å². The lowest BCUT2D eigenvalue weighted by Crippen LogP contribution is -2.07. The van der Waals surface area contributed by atoms with Crippen molar-refractivity contribution in [3.05, 3.63) is 22.2 Å². The molecule has 18 heavy (non-hydrogen) atoms. The fraction of sp³-hybridized carbons (Fsp3) is 0.538. The van der Waals surface area contributed by atoms with Crippen LogP contribution in [0.15, 0.2) is 16.6 Å². The summed E-state index contributed by atoms with van der Waals surface area (Å²) in [4.78, 5) is 0. The van der Waals surface area contributed by atoms with Crippen molar-refractivity contribution in [1.29, 1.82) is 0 Å². The van der Waals surface area contributed by atoms with E-state index in [1.54, 1.807) is 7.11 Å². The molecule has 0 saturated heterocycles. The first-order valence-electron chi connectivity index (χ1n) is 5.94. The van der Waals surface area contributed by atoms with Crippen LogP contribution in [0.2, 0.25) is 0 Å². The summed E-state index contributed by atoms with van der Waals surface area (Å²) in [6.07, 6.45) is 0. The average Bonchev–Trinajstić information content (AvgIpc) is 2.36. The Morgan fingerprint density at radius 2 is 2.17 bits per heavy atom. The van der Waals surface area contributed by atoms with Crippen LogP contribution in [-0.2, 0) is 6.54 Å². The first kappa shape index (κ1) is 15.7. The van der Waals surface area contributed by atoms with E-state index in [0.717, 1.165) is 39.6 Å². The van der Waals surface area contributed by atoms with Crippen LogP contribution in [-0.4, -0.2) is 32.3 Å². The van der Waals surface area contributed by atoms with Gasteiger partial charge in [-0.2, -0.15) is 11.8 Å². The molecule has 0 unspecified atom stereocenters. The topological polar surface area (TPSA) is 30.5 Å². The number of ether oxygens (including phenoxy) is 2. The summed E-state index contributed by atoms with van der Waals surface area (Å²) >= 11 is 5.41. The largest absolute Gasteiger partial charge is 0.493 e. The maximum Gasteiger partial charge on any atom is 0.175 e. The SMILES string of the molecule is CCSCCOc1c(Br)cc(CNC)cc1OC. The molecule has 0 atom stereocenters. The van der Waals surface area contributed by atoms with E-state index in [1.807, 2.05) is 24.9 Å². The third-order valence-electron chi connectivity index (χ3n) is 2.35. The van der Waals surface area contributed by atoms with E-state index in [-0.39, 0.29) is 0 Å². The predicted octanol–water partition coefficient (Wildman–Crippen LogP) is 3.31. The van der Waals surface area contributed by atoms with Crippen molar-refractivity contribution in [3.63, 3.8) is 0 Å². The van der Waals surface area contributed by atoms with Gasteiger partial charge in [0, 0.05) is 12.3 Å². The molecule has 1 aromatic carbocycles. The van der Waals surface area contributed by atoms with Crippen LogP contribution in [0.1, 0.15) is 12.5 Å². The predicted molar refractivity (Wildman–Crippen MR) is 82.0 cm³/mol. The normalized spacial score (nSPS) is 10.4. The minimum Gasteiger partial charge on any atom is -0.493 e. The second kappa shape index (κ2) is 8.67. The van der Waals surface area contributed by atoms with Crippen molar-refractivity contribution in [2.75, 3.05) is 32.3 Å². The second-order valence-electron chi connectivity index (χ2n) is 3.68. The Balaban J connectivity index is 2.76. The highest BCUT2D eigenvalue weighted by Gasteiger charge is 2.11. The van der Waals surface area contributed by atoms with Crippen LogP contribution in [0.4, 0.5) is 0 Å². The van der Waals surface area contributed by atoms with E-state index in [9.17, 15) is 0 Å². The van der Waals surface area contributed by atoms with Gasteiger partial charge in [-0.3, -0.25) is 0 Å². The molecule has 0 spiro atoms. The number of hydrogen-bond donors (Lipinski definition) is 1. The molecular weight excluding hydrogens is 314 g/mol.